The summed E-state index contributed by atoms with van der Waals surface area (Å²) in [6.07, 6.45) is 0. The van der Waals surface area contributed by atoms with Gasteiger partial charge in [0.15, 0.2) is 0 Å². The molecule has 0 fully saturated rings. The number of halogens is 1. The van der Waals surface area contributed by atoms with Crippen LogP contribution in [0.1, 0.15) is 36.6 Å². The van der Waals surface area contributed by atoms with E-state index in [0.717, 1.165) is 28.1 Å². The number of fused-ring (bicyclic) bond motifs is 4. The molecule has 3 aromatic carbocycles. The summed E-state index contributed by atoms with van der Waals surface area (Å²) in [5.41, 5.74) is 4.68. The Kier molecular flexibility index (Phi) is 4.61. The number of hydrogen-bond acceptors (Lipinski definition) is 3. The second-order valence-electron chi connectivity index (χ2n) is 9.05. The highest BCUT2D eigenvalue weighted by atomic mass is 35.5. The van der Waals surface area contributed by atoms with Crippen LogP contribution in [0, 0.1) is 12.8 Å². The Morgan fingerprint density at radius 3 is 2.48 bits per heavy atom. The van der Waals surface area contributed by atoms with Crippen LogP contribution in [0.2, 0.25) is 5.02 Å². The summed E-state index contributed by atoms with van der Waals surface area (Å²) in [6.45, 7) is 6.72. The van der Waals surface area contributed by atoms with Gasteiger partial charge in [0.2, 0.25) is 0 Å². The van der Waals surface area contributed by atoms with Gasteiger partial charge in [0.25, 0.3) is 10.0 Å². The van der Waals surface area contributed by atoms with Crippen molar-refractivity contribution >= 4 is 33.0 Å². The van der Waals surface area contributed by atoms with Crippen LogP contribution in [-0.4, -0.2) is 15.0 Å². The zero-order valence-corrected chi connectivity index (χ0v) is 19.3. The Balaban J connectivity index is 1.67. The normalized spacial score (nSPS) is 21.5. The lowest BCUT2D eigenvalue weighted by molar-refractivity contribution is 0.269. The van der Waals surface area contributed by atoms with E-state index in [1.54, 1.807) is 16.4 Å². The summed E-state index contributed by atoms with van der Waals surface area (Å²) in [5.74, 6) is 0.0357. The minimum Gasteiger partial charge on any atom is -0.378 e. The van der Waals surface area contributed by atoms with Gasteiger partial charge in [-0.3, -0.25) is 4.31 Å². The molecule has 3 aromatic rings. The van der Waals surface area contributed by atoms with Crippen LogP contribution < -0.4 is 9.62 Å². The summed E-state index contributed by atoms with van der Waals surface area (Å²) in [7, 11) is -3.70. The Labute approximate surface area is 188 Å². The van der Waals surface area contributed by atoms with E-state index in [-0.39, 0.29) is 17.4 Å². The van der Waals surface area contributed by atoms with Crippen molar-refractivity contribution in [1.29, 1.82) is 0 Å². The average molecular weight is 453 g/mol. The summed E-state index contributed by atoms with van der Waals surface area (Å²) >= 11 is 6.32. The first-order valence-electron chi connectivity index (χ1n) is 10.4. The van der Waals surface area contributed by atoms with E-state index in [1.807, 2.05) is 61.5 Å². The molecule has 31 heavy (non-hydrogen) atoms. The summed E-state index contributed by atoms with van der Waals surface area (Å²) in [5, 5.41) is 4.36. The molecule has 160 valence electrons. The van der Waals surface area contributed by atoms with E-state index >= 15 is 0 Å². The Hall–Kier alpha value is -2.50. The van der Waals surface area contributed by atoms with Crippen molar-refractivity contribution in [2.24, 2.45) is 5.92 Å². The third-order valence-electron chi connectivity index (χ3n) is 6.83. The highest BCUT2D eigenvalue weighted by Gasteiger charge is 2.49. The van der Waals surface area contributed by atoms with Crippen molar-refractivity contribution in [2.45, 2.75) is 37.1 Å². The zero-order valence-electron chi connectivity index (χ0n) is 17.8. The van der Waals surface area contributed by atoms with Crippen molar-refractivity contribution in [2.75, 3.05) is 16.2 Å². The number of benzene rings is 3. The zero-order chi connectivity index (χ0) is 22.0. The maximum Gasteiger partial charge on any atom is 0.264 e. The summed E-state index contributed by atoms with van der Waals surface area (Å²) in [4.78, 5) is 0.316. The van der Waals surface area contributed by atoms with E-state index in [1.165, 1.54) is 0 Å². The molecule has 2 aliphatic heterocycles. The van der Waals surface area contributed by atoms with Gasteiger partial charge in [-0.05, 0) is 59.9 Å². The van der Waals surface area contributed by atoms with Gasteiger partial charge in [-0.25, -0.2) is 8.42 Å². The van der Waals surface area contributed by atoms with Crippen molar-refractivity contribution in [3.8, 4) is 0 Å². The van der Waals surface area contributed by atoms with Crippen LogP contribution in [0.4, 0.5) is 11.4 Å². The molecule has 0 saturated heterocycles. The predicted octanol–water partition coefficient (Wildman–Crippen LogP) is 5.92. The van der Waals surface area contributed by atoms with Gasteiger partial charge in [0.05, 0.1) is 16.6 Å². The van der Waals surface area contributed by atoms with Crippen molar-refractivity contribution < 1.29 is 8.42 Å². The lowest BCUT2D eigenvalue weighted by Crippen LogP contribution is -2.52. The smallest absolute Gasteiger partial charge is 0.264 e. The monoisotopic (exact) mass is 452 g/mol. The van der Waals surface area contributed by atoms with Gasteiger partial charge in [0, 0.05) is 23.2 Å². The molecule has 0 amide bonds. The fourth-order valence-corrected chi connectivity index (χ4v) is 6.70. The Bertz CT molecular complexity index is 1270. The fraction of sp³-hybridized carbons (Fsp3) is 0.280. The van der Waals surface area contributed by atoms with E-state index in [4.69, 9.17) is 11.6 Å². The van der Waals surface area contributed by atoms with E-state index in [0.29, 0.717) is 16.5 Å². The van der Waals surface area contributed by atoms with Crippen LogP contribution in [-0.2, 0) is 15.4 Å². The maximum absolute atomic E-state index is 13.7. The van der Waals surface area contributed by atoms with Gasteiger partial charge in [0.1, 0.15) is 0 Å². The van der Waals surface area contributed by atoms with Gasteiger partial charge >= 0.3 is 0 Å². The molecule has 5 rings (SSSR count). The minimum absolute atomic E-state index is 0.0179. The van der Waals surface area contributed by atoms with Crippen LogP contribution in [0.3, 0.4) is 0 Å². The van der Waals surface area contributed by atoms with Crippen LogP contribution in [0.15, 0.2) is 71.6 Å². The van der Waals surface area contributed by atoms with Gasteiger partial charge < -0.3 is 5.32 Å². The first kappa shape index (κ1) is 20.4. The maximum atomic E-state index is 13.7. The van der Waals surface area contributed by atoms with Crippen LogP contribution >= 0.6 is 11.6 Å². The molecule has 0 aliphatic carbocycles. The van der Waals surface area contributed by atoms with Gasteiger partial charge in [-0.1, -0.05) is 61.3 Å². The second kappa shape index (κ2) is 7.01. The number of aryl methyl sites for hydroxylation is 1. The molecule has 0 spiro atoms. The van der Waals surface area contributed by atoms with Crippen LogP contribution in [0.5, 0.6) is 0 Å². The molecular formula is C25H25ClN2O2S. The molecule has 0 saturated carbocycles. The molecule has 2 aliphatic rings. The fourth-order valence-electron chi connectivity index (χ4n) is 5.01. The molecular weight excluding hydrogens is 428 g/mol. The number of nitrogens with one attached hydrogen (secondary N) is 1. The number of nitrogens with zero attached hydrogens (tertiary/aromatic N) is 1. The van der Waals surface area contributed by atoms with E-state index < -0.39 is 10.0 Å². The molecule has 2 atom stereocenters. The molecule has 6 heteroatoms. The largest absolute Gasteiger partial charge is 0.378 e. The lowest BCUT2D eigenvalue weighted by Gasteiger charge is -2.51. The predicted molar refractivity (Wildman–Crippen MR) is 126 cm³/mol. The lowest BCUT2D eigenvalue weighted by atomic mass is 9.64. The molecule has 2 heterocycles. The topological polar surface area (TPSA) is 49.4 Å². The number of sulfonamides is 1. The molecule has 0 bridgehead atoms. The highest BCUT2D eigenvalue weighted by Crippen LogP contribution is 2.53. The average Bonchev–Trinajstić information content (AvgIpc) is 2.74. The first-order chi connectivity index (χ1) is 14.7. The molecule has 1 N–H and O–H groups in total. The molecule has 0 radical (unpaired) electrons. The van der Waals surface area contributed by atoms with Gasteiger partial charge in [-0.15, -0.1) is 0 Å². The standard InChI is InChI=1S/C25H25ClN2O2S/c1-16-8-11-18(12-9-16)31(29,30)28-15-21-24(19-6-4-5-7-23(19)28)27-22-13-10-17(26)14-20(22)25(21,2)3/h4-14,21,24,27H,15H2,1-3H3/t21-,24-/m1/s1. The highest BCUT2D eigenvalue weighted by molar-refractivity contribution is 7.92. The van der Waals surface area contributed by atoms with Crippen molar-refractivity contribution in [3.63, 3.8) is 0 Å². The quantitative estimate of drug-likeness (QED) is 0.525. The second-order valence-corrected chi connectivity index (χ2v) is 11.3. The number of hydrogen-bond donors (Lipinski definition) is 1. The molecule has 0 aromatic heterocycles. The third kappa shape index (κ3) is 3.14. The summed E-state index contributed by atoms with van der Waals surface area (Å²) in [6, 6.07) is 20.8. The SMILES string of the molecule is Cc1ccc(S(=O)(=O)N2C[C@@H]3[C@H](Nc4ccc(Cl)cc4C3(C)C)c3ccccc32)cc1. The molecule has 0 unspecified atom stereocenters. The van der Waals surface area contributed by atoms with Gasteiger partial charge in [-0.2, -0.15) is 0 Å². The molecule has 4 nitrogen and oxygen atoms in total. The minimum atomic E-state index is -3.70. The number of rotatable bonds is 2. The first-order valence-corrected chi connectivity index (χ1v) is 12.3. The third-order valence-corrected chi connectivity index (χ3v) is 8.86. The van der Waals surface area contributed by atoms with Crippen molar-refractivity contribution in [1.82, 2.24) is 0 Å². The number of para-hydroxylation sites is 1. The number of anilines is 2. The van der Waals surface area contributed by atoms with Crippen molar-refractivity contribution in [3.05, 3.63) is 88.4 Å². The Morgan fingerprint density at radius 1 is 1.03 bits per heavy atom. The van der Waals surface area contributed by atoms with E-state index in [2.05, 4.69) is 19.2 Å². The summed E-state index contributed by atoms with van der Waals surface area (Å²) < 4.78 is 29.1. The van der Waals surface area contributed by atoms with Crippen LogP contribution in [0.25, 0.3) is 0 Å². The van der Waals surface area contributed by atoms with E-state index in [9.17, 15) is 8.42 Å². The Morgan fingerprint density at radius 2 is 1.74 bits per heavy atom.